The summed E-state index contributed by atoms with van der Waals surface area (Å²) in [6.45, 7) is 3.79. The minimum absolute atomic E-state index is 0.0806. The van der Waals surface area contributed by atoms with Crippen molar-refractivity contribution in [2.45, 2.75) is 38.3 Å². The maximum Gasteiger partial charge on any atom is 0.109 e. The lowest BCUT2D eigenvalue weighted by atomic mass is 9.75. The molecule has 15 heavy (non-hydrogen) atoms. The van der Waals surface area contributed by atoms with Crippen LogP contribution in [-0.4, -0.2) is 53.7 Å². The molecule has 0 aromatic carbocycles. The Balaban J connectivity index is 2.89. The lowest BCUT2D eigenvalue weighted by Gasteiger charge is -2.49. The zero-order chi connectivity index (χ0) is 11.6. The topological polar surface area (TPSA) is 58.9 Å². The maximum absolute atomic E-state index is 9.95. The fourth-order valence-electron chi connectivity index (χ4n) is 2.11. The SMILES string of the molecule is CO[C@@H]1[C@@H](O)[C@@H](CO)O[C@@H](CBr)C1(C)C. The Labute approximate surface area is 98.7 Å². The largest absolute Gasteiger partial charge is 0.394 e. The molecule has 0 aliphatic carbocycles. The van der Waals surface area contributed by atoms with Gasteiger partial charge in [-0.15, -0.1) is 0 Å². The van der Waals surface area contributed by atoms with Crippen molar-refractivity contribution in [2.24, 2.45) is 5.41 Å². The number of rotatable bonds is 3. The molecule has 5 heteroatoms. The average Bonchev–Trinajstić information content (AvgIpc) is 2.18. The van der Waals surface area contributed by atoms with E-state index in [2.05, 4.69) is 15.9 Å². The lowest BCUT2D eigenvalue weighted by Crippen LogP contribution is -2.61. The van der Waals surface area contributed by atoms with Crippen LogP contribution in [0.25, 0.3) is 0 Å². The summed E-state index contributed by atoms with van der Waals surface area (Å²) < 4.78 is 10.9. The molecule has 1 fully saturated rings. The molecule has 1 aliphatic rings. The van der Waals surface area contributed by atoms with Crippen molar-refractivity contribution in [2.75, 3.05) is 19.0 Å². The zero-order valence-corrected chi connectivity index (χ0v) is 10.9. The Hall–Kier alpha value is 0.320. The van der Waals surface area contributed by atoms with Crippen molar-refractivity contribution >= 4 is 15.9 Å². The van der Waals surface area contributed by atoms with Gasteiger partial charge in [-0.05, 0) is 0 Å². The van der Waals surface area contributed by atoms with Crippen molar-refractivity contribution in [1.29, 1.82) is 0 Å². The molecule has 4 atom stereocenters. The van der Waals surface area contributed by atoms with E-state index < -0.39 is 12.2 Å². The van der Waals surface area contributed by atoms with Gasteiger partial charge in [-0.3, -0.25) is 0 Å². The van der Waals surface area contributed by atoms with E-state index in [9.17, 15) is 5.11 Å². The fourth-order valence-corrected chi connectivity index (χ4v) is 3.10. The van der Waals surface area contributed by atoms with Crippen LogP contribution in [0.1, 0.15) is 13.8 Å². The second kappa shape index (κ2) is 5.10. The molecule has 2 N–H and O–H groups in total. The zero-order valence-electron chi connectivity index (χ0n) is 9.31. The van der Waals surface area contributed by atoms with Gasteiger partial charge in [-0.1, -0.05) is 29.8 Å². The molecule has 0 bridgehead atoms. The number of methoxy groups -OCH3 is 1. The number of halogens is 1. The van der Waals surface area contributed by atoms with Crippen LogP contribution in [-0.2, 0) is 9.47 Å². The highest BCUT2D eigenvalue weighted by Gasteiger charge is 2.49. The summed E-state index contributed by atoms with van der Waals surface area (Å²) in [5, 5.41) is 19.7. The Morgan fingerprint density at radius 1 is 1.47 bits per heavy atom. The van der Waals surface area contributed by atoms with Gasteiger partial charge in [0.25, 0.3) is 0 Å². The molecule has 0 aromatic heterocycles. The number of hydrogen-bond donors (Lipinski definition) is 2. The number of ether oxygens (including phenoxy) is 2. The van der Waals surface area contributed by atoms with E-state index in [1.54, 1.807) is 7.11 Å². The van der Waals surface area contributed by atoms with E-state index in [0.29, 0.717) is 5.33 Å². The lowest BCUT2D eigenvalue weighted by molar-refractivity contribution is -0.237. The molecule has 0 spiro atoms. The van der Waals surface area contributed by atoms with Gasteiger partial charge in [0.1, 0.15) is 12.2 Å². The summed E-state index contributed by atoms with van der Waals surface area (Å²) in [5.74, 6) is 0. The summed E-state index contributed by atoms with van der Waals surface area (Å²) >= 11 is 3.38. The second-order valence-electron chi connectivity index (χ2n) is 4.47. The van der Waals surface area contributed by atoms with Gasteiger partial charge in [-0.25, -0.2) is 0 Å². The molecule has 0 aromatic rings. The Morgan fingerprint density at radius 3 is 2.47 bits per heavy atom. The molecule has 90 valence electrons. The Morgan fingerprint density at radius 2 is 2.07 bits per heavy atom. The highest BCUT2D eigenvalue weighted by atomic mass is 79.9. The molecule has 0 amide bonds. The maximum atomic E-state index is 9.95. The van der Waals surface area contributed by atoms with E-state index in [1.165, 1.54) is 0 Å². The van der Waals surface area contributed by atoms with E-state index in [1.807, 2.05) is 13.8 Å². The quantitative estimate of drug-likeness (QED) is 0.742. The second-order valence-corrected chi connectivity index (χ2v) is 5.12. The molecule has 0 radical (unpaired) electrons. The van der Waals surface area contributed by atoms with Crippen LogP contribution in [0.3, 0.4) is 0 Å². The van der Waals surface area contributed by atoms with Crippen LogP contribution in [0.5, 0.6) is 0 Å². The number of alkyl halides is 1. The predicted molar refractivity (Wildman–Crippen MR) is 60.1 cm³/mol. The first kappa shape index (κ1) is 13.4. The summed E-state index contributed by atoms with van der Waals surface area (Å²) in [6, 6.07) is 0. The molecular formula is C10H19BrO4. The van der Waals surface area contributed by atoms with Crippen molar-refractivity contribution in [3.05, 3.63) is 0 Å². The van der Waals surface area contributed by atoms with E-state index in [0.717, 1.165) is 0 Å². The fraction of sp³-hybridized carbons (Fsp3) is 1.00. The van der Waals surface area contributed by atoms with Crippen LogP contribution in [0.15, 0.2) is 0 Å². The minimum atomic E-state index is -0.787. The van der Waals surface area contributed by atoms with Gasteiger partial charge < -0.3 is 19.7 Å². The molecule has 1 aliphatic heterocycles. The average molecular weight is 283 g/mol. The summed E-state index contributed by atoms with van der Waals surface area (Å²) in [6.07, 6.45) is -1.76. The van der Waals surface area contributed by atoms with Gasteiger partial charge in [0.05, 0.1) is 18.8 Å². The van der Waals surface area contributed by atoms with Gasteiger partial charge in [0.2, 0.25) is 0 Å². The summed E-state index contributed by atoms with van der Waals surface area (Å²) in [4.78, 5) is 0. The first-order chi connectivity index (χ1) is 6.98. The van der Waals surface area contributed by atoms with E-state index in [-0.39, 0.29) is 24.2 Å². The summed E-state index contributed by atoms with van der Waals surface area (Å²) in [7, 11) is 1.57. The van der Waals surface area contributed by atoms with Gasteiger partial charge in [0.15, 0.2) is 0 Å². The highest BCUT2D eigenvalue weighted by molar-refractivity contribution is 9.09. The van der Waals surface area contributed by atoms with Crippen LogP contribution in [0.2, 0.25) is 0 Å². The smallest absolute Gasteiger partial charge is 0.109 e. The molecule has 4 nitrogen and oxygen atoms in total. The monoisotopic (exact) mass is 282 g/mol. The van der Waals surface area contributed by atoms with Crippen molar-refractivity contribution in [1.82, 2.24) is 0 Å². The third-order valence-corrected chi connectivity index (χ3v) is 3.76. The minimum Gasteiger partial charge on any atom is -0.394 e. The van der Waals surface area contributed by atoms with E-state index >= 15 is 0 Å². The van der Waals surface area contributed by atoms with Crippen LogP contribution in [0, 0.1) is 5.41 Å². The molecule has 0 unspecified atom stereocenters. The normalized spacial score (nSPS) is 40.4. The molecule has 0 saturated carbocycles. The Bertz CT molecular complexity index is 210. The highest BCUT2D eigenvalue weighted by Crippen LogP contribution is 2.38. The third kappa shape index (κ3) is 2.36. The number of aliphatic hydroxyl groups is 2. The van der Waals surface area contributed by atoms with Crippen molar-refractivity contribution in [3.8, 4) is 0 Å². The van der Waals surface area contributed by atoms with Crippen molar-refractivity contribution < 1.29 is 19.7 Å². The Kier molecular flexibility index (Phi) is 4.55. The molecule has 1 heterocycles. The first-order valence-corrected chi connectivity index (χ1v) is 6.14. The first-order valence-electron chi connectivity index (χ1n) is 5.02. The number of hydrogen-bond acceptors (Lipinski definition) is 4. The standard InChI is InChI=1S/C10H19BrO4/c1-10(2)7(4-11)15-6(5-12)8(13)9(10)14-3/h6-9,12-13H,4-5H2,1-3H3/t6-,7+,8+,9-/m1/s1. The van der Waals surface area contributed by atoms with Gasteiger partial charge >= 0.3 is 0 Å². The van der Waals surface area contributed by atoms with E-state index in [4.69, 9.17) is 14.6 Å². The predicted octanol–water partition coefficient (Wildman–Crippen LogP) is 0.543. The third-order valence-electron chi connectivity index (χ3n) is 3.17. The summed E-state index contributed by atoms with van der Waals surface area (Å²) in [5.41, 5.74) is -0.288. The number of aliphatic hydroxyl groups excluding tert-OH is 2. The van der Waals surface area contributed by atoms with Gasteiger partial charge in [-0.2, -0.15) is 0 Å². The van der Waals surface area contributed by atoms with Gasteiger partial charge in [0, 0.05) is 17.9 Å². The van der Waals surface area contributed by atoms with Crippen LogP contribution < -0.4 is 0 Å². The van der Waals surface area contributed by atoms with Crippen LogP contribution >= 0.6 is 15.9 Å². The molecular weight excluding hydrogens is 264 g/mol. The molecule has 1 rings (SSSR count). The molecule has 1 saturated heterocycles. The van der Waals surface area contributed by atoms with Crippen LogP contribution in [0.4, 0.5) is 0 Å². The van der Waals surface area contributed by atoms with Crippen molar-refractivity contribution in [3.63, 3.8) is 0 Å².